The van der Waals surface area contributed by atoms with Crippen molar-refractivity contribution in [2.24, 2.45) is 11.7 Å². The van der Waals surface area contributed by atoms with E-state index in [1.54, 1.807) is 12.1 Å². The first-order chi connectivity index (χ1) is 10.3. The molecule has 22 heavy (non-hydrogen) atoms. The van der Waals surface area contributed by atoms with E-state index >= 15 is 0 Å². The number of carbonyl (C=O) groups excluding carboxylic acids is 2. The maximum Gasteiger partial charge on any atom is 0.328 e. The summed E-state index contributed by atoms with van der Waals surface area (Å²) in [6.07, 6.45) is 0.812. The number of carbonyl (C=O) groups is 2. The number of methoxy groups -OCH3 is 1. The Hall–Kier alpha value is -2.08. The molecule has 1 rings (SSSR count). The molecule has 4 N–H and O–H groups in total. The van der Waals surface area contributed by atoms with Gasteiger partial charge in [0.15, 0.2) is 0 Å². The Morgan fingerprint density at radius 3 is 2.36 bits per heavy atom. The maximum atomic E-state index is 12.1. The van der Waals surface area contributed by atoms with E-state index in [4.69, 9.17) is 10.5 Å². The quantitative estimate of drug-likeness (QED) is 0.651. The van der Waals surface area contributed by atoms with Crippen LogP contribution in [0.5, 0.6) is 5.75 Å². The molecule has 0 radical (unpaired) electrons. The molecule has 0 aliphatic carbocycles. The van der Waals surface area contributed by atoms with Crippen molar-refractivity contribution >= 4 is 11.9 Å². The third kappa shape index (κ3) is 5.73. The van der Waals surface area contributed by atoms with E-state index in [1.807, 2.05) is 13.8 Å². The van der Waals surface area contributed by atoms with Gasteiger partial charge in [-0.25, -0.2) is 4.79 Å². The number of phenols is 1. The van der Waals surface area contributed by atoms with Gasteiger partial charge in [0, 0.05) is 0 Å². The molecule has 0 aliphatic rings. The van der Waals surface area contributed by atoms with Gasteiger partial charge in [0.25, 0.3) is 0 Å². The Morgan fingerprint density at radius 1 is 1.27 bits per heavy atom. The summed E-state index contributed by atoms with van der Waals surface area (Å²) in [6.45, 7) is 3.91. The van der Waals surface area contributed by atoms with Crippen molar-refractivity contribution in [1.29, 1.82) is 0 Å². The monoisotopic (exact) mass is 308 g/mol. The lowest BCUT2D eigenvalue weighted by Crippen LogP contribution is -2.49. The van der Waals surface area contributed by atoms with Gasteiger partial charge in [0.05, 0.1) is 13.2 Å². The summed E-state index contributed by atoms with van der Waals surface area (Å²) in [7, 11) is 1.29. The van der Waals surface area contributed by atoms with Crippen molar-refractivity contribution < 1.29 is 19.4 Å². The van der Waals surface area contributed by atoms with Crippen LogP contribution in [0.1, 0.15) is 25.8 Å². The Morgan fingerprint density at radius 2 is 1.86 bits per heavy atom. The van der Waals surface area contributed by atoms with Crippen LogP contribution in [0.2, 0.25) is 0 Å². The van der Waals surface area contributed by atoms with Crippen molar-refractivity contribution in [3.8, 4) is 5.75 Å². The summed E-state index contributed by atoms with van der Waals surface area (Å²) in [4.78, 5) is 23.8. The Bertz CT molecular complexity index is 499. The number of benzene rings is 1. The van der Waals surface area contributed by atoms with Crippen LogP contribution >= 0.6 is 0 Å². The highest BCUT2D eigenvalue weighted by molar-refractivity contribution is 5.87. The first kappa shape index (κ1) is 18.0. The molecule has 0 aliphatic heterocycles. The number of aromatic hydroxyl groups is 1. The van der Waals surface area contributed by atoms with Crippen molar-refractivity contribution in [1.82, 2.24) is 5.32 Å². The van der Waals surface area contributed by atoms with Crippen LogP contribution in [0, 0.1) is 5.92 Å². The number of hydrogen-bond donors (Lipinski definition) is 3. The maximum absolute atomic E-state index is 12.1. The van der Waals surface area contributed by atoms with Gasteiger partial charge in [0.1, 0.15) is 11.8 Å². The van der Waals surface area contributed by atoms with Gasteiger partial charge in [-0.2, -0.15) is 0 Å². The predicted octanol–water partition coefficient (Wildman–Crippen LogP) is 0.966. The summed E-state index contributed by atoms with van der Waals surface area (Å²) in [6, 6.07) is 5.02. The number of amides is 1. The van der Waals surface area contributed by atoms with Gasteiger partial charge < -0.3 is 20.9 Å². The topological polar surface area (TPSA) is 102 Å². The smallest absolute Gasteiger partial charge is 0.328 e. The summed E-state index contributed by atoms with van der Waals surface area (Å²) >= 11 is 0. The van der Waals surface area contributed by atoms with E-state index in [0.717, 1.165) is 5.56 Å². The molecule has 1 amide bonds. The number of nitrogens with one attached hydrogen (secondary N) is 1. The van der Waals surface area contributed by atoms with E-state index in [0.29, 0.717) is 12.8 Å². The number of ether oxygens (including phenoxy) is 1. The fourth-order valence-electron chi connectivity index (χ4n) is 2.09. The first-order valence-electron chi connectivity index (χ1n) is 7.25. The zero-order chi connectivity index (χ0) is 16.7. The molecule has 1 aromatic rings. The predicted molar refractivity (Wildman–Crippen MR) is 83.2 cm³/mol. The molecule has 0 aromatic heterocycles. The normalized spacial score (nSPS) is 13.5. The molecule has 6 nitrogen and oxygen atoms in total. The van der Waals surface area contributed by atoms with E-state index < -0.39 is 24.0 Å². The Kier molecular flexibility index (Phi) is 6.85. The third-order valence-electron chi connectivity index (χ3n) is 3.24. The standard InChI is InChI=1S/C16H24N2O4/c1-10(2)8-14(16(21)22-3)18-15(20)13(17)9-11-4-6-12(19)7-5-11/h4-7,10,13-14,19H,8-9,17H2,1-3H3,(H,18,20)/t13-,14-/m0/s1. The summed E-state index contributed by atoms with van der Waals surface area (Å²) in [5, 5.41) is 11.9. The fraction of sp³-hybridized carbons (Fsp3) is 0.500. The van der Waals surface area contributed by atoms with E-state index in [-0.39, 0.29) is 11.7 Å². The van der Waals surface area contributed by atoms with Gasteiger partial charge in [-0.1, -0.05) is 26.0 Å². The molecular weight excluding hydrogens is 284 g/mol. The van der Waals surface area contributed by atoms with E-state index in [2.05, 4.69) is 5.32 Å². The number of esters is 1. The highest BCUT2D eigenvalue weighted by Crippen LogP contribution is 2.11. The van der Waals surface area contributed by atoms with Crippen LogP contribution in [-0.2, 0) is 20.7 Å². The summed E-state index contributed by atoms with van der Waals surface area (Å²) < 4.78 is 4.70. The lowest BCUT2D eigenvalue weighted by molar-refractivity contribution is -0.145. The number of nitrogens with two attached hydrogens (primary N) is 1. The molecule has 6 heteroatoms. The minimum Gasteiger partial charge on any atom is -0.508 e. The van der Waals surface area contributed by atoms with Gasteiger partial charge in [-0.3, -0.25) is 4.79 Å². The summed E-state index contributed by atoms with van der Waals surface area (Å²) in [5.41, 5.74) is 6.71. The van der Waals surface area contributed by atoms with Crippen molar-refractivity contribution in [3.05, 3.63) is 29.8 Å². The molecule has 2 atom stereocenters. The highest BCUT2D eigenvalue weighted by Gasteiger charge is 2.25. The zero-order valence-corrected chi connectivity index (χ0v) is 13.2. The Balaban J connectivity index is 2.64. The average Bonchev–Trinajstić information content (AvgIpc) is 2.47. The van der Waals surface area contributed by atoms with Crippen LogP contribution < -0.4 is 11.1 Å². The molecule has 0 saturated carbocycles. The fourth-order valence-corrected chi connectivity index (χ4v) is 2.09. The van der Waals surface area contributed by atoms with Gasteiger partial charge in [-0.15, -0.1) is 0 Å². The molecule has 0 saturated heterocycles. The van der Waals surface area contributed by atoms with Crippen LogP contribution in [0.4, 0.5) is 0 Å². The van der Waals surface area contributed by atoms with Gasteiger partial charge >= 0.3 is 5.97 Å². The first-order valence-corrected chi connectivity index (χ1v) is 7.25. The molecule has 0 bridgehead atoms. The largest absolute Gasteiger partial charge is 0.508 e. The second-order valence-electron chi connectivity index (χ2n) is 5.69. The van der Waals surface area contributed by atoms with Crippen LogP contribution in [0.3, 0.4) is 0 Å². The summed E-state index contributed by atoms with van der Waals surface area (Å²) in [5.74, 6) is -0.481. The number of hydrogen-bond acceptors (Lipinski definition) is 5. The van der Waals surface area contributed by atoms with Crippen molar-refractivity contribution in [2.45, 2.75) is 38.8 Å². The number of rotatable bonds is 7. The van der Waals surface area contributed by atoms with Crippen LogP contribution in [-0.4, -0.2) is 36.2 Å². The molecule has 0 heterocycles. The van der Waals surface area contributed by atoms with E-state index in [1.165, 1.54) is 19.2 Å². The van der Waals surface area contributed by atoms with Crippen molar-refractivity contribution in [2.75, 3.05) is 7.11 Å². The second-order valence-corrected chi connectivity index (χ2v) is 5.69. The molecule has 0 spiro atoms. The number of phenolic OH excluding ortho intramolecular Hbond substituents is 1. The van der Waals surface area contributed by atoms with Gasteiger partial charge in [-0.05, 0) is 36.5 Å². The van der Waals surface area contributed by atoms with E-state index in [9.17, 15) is 14.7 Å². The minimum absolute atomic E-state index is 0.157. The molecule has 1 aromatic carbocycles. The average molecular weight is 308 g/mol. The SMILES string of the molecule is COC(=O)[C@H](CC(C)C)NC(=O)[C@@H](N)Cc1ccc(O)cc1. The zero-order valence-electron chi connectivity index (χ0n) is 13.2. The van der Waals surface area contributed by atoms with Crippen LogP contribution in [0.25, 0.3) is 0 Å². The lowest BCUT2D eigenvalue weighted by Gasteiger charge is -2.20. The third-order valence-corrected chi connectivity index (χ3v) is 3.24. The van der Waals surface area contributed by atoms with Gasteiger partial charge in [0.2, 0.25) is 5.91 Å². The van der Waals surface area contributed by atoms with Crippen molar-refractivity contribution in [3.63, 3.8) is 0 Å². The second kappa shape index (κ2) is 8.38. The molecule has 0 unspecified atom stereocenters. The molecule has 122 valence electrons. The van der Waals surface area contributed by atoms with Crippen LogP contribution in [0.15, 0.2) is 24.3 Å². The lowest BCUT2D eigenvalue weighted by atomic mass is 10.0. The molecular formula is C16H24N2O4. The Labute approximate surface area is 130 Å². The highest BCUT2D eigenvalue weighted by atomic mass is 16.5. The minimum atomic E-state index is -0.774. The molecule has 0 fully saturated rings.